The molecule has 6 fully saturated rings. The number of epoxide rings is 2. The van der Waals surface area contributed by atoms with Crippen LogP contribution in [0.5, 0.6) is 0 Å². The van der Waals surface area contributed by atoms with Crippen molar-refractivity contribution in [1.29, 1.82) is 0 Å². The van der Waals surface area contributed by atoms with Crippen LogP contribution in [-0.4, -0.2) is 41.6 Å². The predicted octanol–water partition coefficient (Wildman–Crippen LogP) is 3.36. The summed E-state index contributed by atoms with van der Waals surface area (Å²) in [5, 5.41) is 0. The highest BCUT2D eigenvalue weighted by Gasteiger charge is 2.83. The summed E-state index contributed by atoms with van der Waals surface area (Å²) in [6.07, 6.45) is 7.42. The Bertz CT molecular complexity index is 796. The van der Waals surface area contributed by atoms with E-state index >= 15 is 0 Å². The number of esters is 2. The standard InChI is InChI=1S/C23H32O6/c1-12(24)26-14-5-7-20(3)16-6-8-21(4)17(10-19-23(21,29-19)27-13(2)25)15(16)9-18-22(20,11-14)28-18/h14-19H,5-11H2,1-4H3/t14?,15-,16-,17+,18?,19?,20-,21+,22?,23?/m1/s1. The average Bonchev–Trinajstić information content (AvgIpc) is 3.49. The lowest BCUT2D eigenvalue weighted by Crippen LogP contribution is -2.60. The molecule has 6 heteroatoms. The molecule has 1 spiro atoms. The van der Waals surface area contributed by atoms with Gasteiger partial charge in [0.2, 0.25) is 5.79 Å². The summed E-state index contributed by atoms with van der Waals surface area (Å²) in [5.74, 6) is 0.625. The molecule has 0 aromatic carbocycles. The molecule has 2 aliphatic heterocycles. The van der Waals surface area contributed by atoms with Crippen molar-refractivity contribution in [3.05, 3.63) is 0 Å². The SMILES string of the molecule is CC(=O)OC1CC[C@]2(C)[C@@H]3CC[C@@]4(C)[C@@H](CC5OC54OC(C)=O)[C@@H]3CC3OC32C1. The monoisotopic (exact) mass is 404 g/mol. The lowest BCUT2D eigenvalue weighted by Gasteiger charge is -2.59. The van der Waals surface area contributed by atoms with Crippen LogP contribution in [0.2, 0.25) is 0 Å². The second-order valence-electron chi connectivity index (χ2n) is 11.1. The van der Waals surface area contributed by atoms with E-state index in [2.05, 4.69) is 13.8 Å². The van der Waals surface area contributed by atoms with Crippen LogP contribution in [-0.2, 0) is 28.5 Å². The van der Waals surface area contributed by atoms with E-state index in [1.54, 1.807) is 0 Å². The Hall–Kier alpha value is -1.14. The van der Waals surface area contributed by atoms with Gasteiger partial charge in [0.25, 0.3) is 0 Å². The van der Waals surface area contributed by atoms with Crippen molar-refractivity contribution < 1.29 is 28.5 Å². The van der Waals surface area contributed by atoms with Crippen molar-refractivity contribution >= 4 is 11.9 Å². The molecule has 0 aromatic rings. The molecule has 4 aliphatic carbocycles. The number of hydrogen-bond donors (Lipinski definition) is 0. The van der Waals surface area contributed by atoms with E-state index in [1.807, 2.05) is 0 Å². The molecule has 6 nitrogen and oxygen atoms in total. The smallest absolute Gasteiger partial charge is 0.305 e. The fraction of sp³-hybridized carbons (Fsp3) is 0.913. The van der Waals surface area contributed by atoms with Crippen molar-refractivity contribution in [2.75, 3.05) is 0 Å². The summed E-state index contributed by atoms with van der Waals surface area (Å²) in [7, 11) is 0. The van der Waals surface area contributed by atoms with Crippen molar-refractivity contribution in [2.24, 2.45) is 28.6 Å². The Balaban J connectivity index is 1.28. The quantitative estimate of drug-likeness (QED) is 0.519. The normalized spacial score (nSPS) is 58.6. The lowest BCUT2D eigenvalue weighted by molar-refractivity contribution is -0.197. The van der Waals surface area contributed by atoms with Gasteiger partial charge in [-0.3, -0.25) is 9.59 Å². The Kier molecular flexibility index (Phi) is 3.44. The molecular formula is C23H32O6. The fourth-order valence-electron chi connectivity index (χ4n) is 8.70. The highest BCUT2D eigenvalue weighted by molar-refractivity contribution is 5.67. The van der Waals surface area contributed by atoms with Gasteiger partial charge in [0.15, 0.2) is 0 Å². The van der Waals surface area contributed by atoms with Gasteiger partial charge in [-0.05, 0) is 56.3 Å². The van der Waals surface area contributed by atoms with E-state index < -0.39 is 5.79 Å². The van der Waals surface area contributed by atoms with E-state index in [0.29, 0.717) is 17.8 Å². The minimum Gasteiger partial charge on any atom is -0.462 e. The Morgan fingerprint density at radius 2 is 1.66 bits per heavy atom. The van der Waals surface area contributed by atoms with Crippen LogP contribution < -0.4 is 0 Å². The molecule has 2 heterocycles. The van der Waals surface area contributed by atoms with Crippen molar-refractivity contribution in [3.63, 3.8) is 0 Å². The van der Waals surface area contributed by atoms with E-state index in [-0.39, 0.29) is 46.7 Å². The van der Waals surface area contributed by atoms with Gasteiger partial charge in [-0.1, -0.05) is 13.8 Å². The molecule has 6 rings (SSSR count). The van der Waals surface area contributed by atoms with Gasteiger partial charge in [0, 0.05) is 31.1 Å². The van der Waals surface area contributed by atoms with Gasteiger partial charge >= 0.3 is 11.9 Å². The molecule has 0 bridgehead atoms. The third-order valence-electron chi connectivity index (χ3n) is 10.0. The van der Waals surface area contributed by atoms with Gasteiger partial charge in [-0.25, -0.2) is 0 Å². The van der Waals surface area contributed by atoms with Gasteiger partial charge in [-0.2, -0.15) is 0 Å². The summed E-state index contributed by atoms with van der Waals surface area (Å²) in [6.45, 7) is 7.72. The van der Waals surface area contributed by atoms with Crippen LogP contribution in [0.15, 0.2) is 0 Å². The van der Waals surface area contributed by atoms with Gasteiger partial charge < -0.3 is 18.9 Å². The maximum Gasteiger partial charge on any atom is 0.305 e. The number of rotatable bonds is 2. The first-order valence-electron chi connectivity index (χ1n) is 11.4. The molecule has 29 heavy (non-hydrogen) atoms. The Labute approximate surface area is 172 Å². The zero-order chi connectivity index (χ0) is 20.4. The number of carbonyl (C=O) groups is 2. The second-order valence-corrected chi connectivity index (χ2v) is 11.1. The number of ether oxygens (including phenoxy) is 4. The molecule has 0 N–H and O–H groups in total. The third kappa shape index (κ3) is 2.10. The summed E-state index contributed by atoms with van der Waals surface area (Å²) in [6, 6.07) is 0. The third-order valence-corrected chi connectivity index (χ3v) is 10.0. The van der Waals surface area contributed by atoms with E-state index in [0.717, 1.165) is 44.9 Å². The molecule has 0 radical (unpaired) electrons. The summed E-state index contributed by atoms with van der Waals surface area (Å²) < 4.78 is 23.9. The minimum absolute atomic E-state index is 0.00394. The van der Waals surface area contributed by atoms with Crippen molar-refractivity contribution in [1.82, 2.24) is 0 Å². The molecule has 2 saturated heterocycles. The highest BCUT2D eigenvalue weighted by Crippen LogP contribution is 2.77. The molecule has 160 valence electrons. The summed E-state index contributed by atoms with van der Waals surface area (Å²) in [4.78, 5) is 23.3. The number of hydrogen-bond acceptors (Lipinski definition) is 6. The maximum atomic E-state index is 11.8. The van der Waals surface area contributed by atoms with Crippen LogP contribution in [0, 0.1) is 28.6 Å². The average molecular weight is 405 g/mol. The minimum atomic E-state index is -0.679. The van der Waals surface area contributed by atoms with E-state index in [4.69, 9.17) is 18.9 Å². The first-order chi connectivity index (χ1) is 13.7. The zero-order valence-corrected chi connectivity index (χ0v) is 17.9. The molecule has 4 saturated carbocycles. The molecule has 5 unspecified atom stereocenters. The van der Waals surface area contributed by atoms with E-state index in [9.17, 15) is 9.59 Å². The highest BCUT2D eigenvalue weighted by atomic mass is 16.8. The summed E-state index contributed by atoms with van der Waals surface area (Å²) >= 11 is 0. The van der Waals surface area contributed by atoms with E-state index in [1.165, 1.54) is 13.8 Å². The predicted molar refractivity (Wildman–Crippen MR) is 102 cm³/mol. The topological polar surface area (TPSA) is 77.7 Å². The lowest BCUT2D eigenvalue weighted by atomic mass is 9.44. The van der Waals surface area contributed by atoms with Gasteiger partial charge in [0.05, 0.1) is 6.10 Å². The largest absolute Gasteiger partial charge is 0.462 e. The van der Waals surface area contributed by atoms with Crippen LogP contribution in [0.3, 0.4) is 0 Å². The number of carbonyl (C=O) groups excluding carboxylic acids is 2. The Morgan fingerprint density at radius 1 is 0.897 bits per heavy atom. The van der Waals surface area contributed by atoms with Gasteiger partial charge in [-0.15, -0.1) is 0 Å². The van der Waals surface area contributed by atoms with Crippen LogP contribution >= 0.6 is 0 Å². The number of fused-ring (bicyclic) bond motifs is 6. The molecule has 0 aromatic heterocycles. The molecule has 6 aliphatic rings. The first kappa shape index (κ1) is 18.6. The van der Waals surface area contributed by atoms with Crippen LogP contribution in [0.1, 0.15) is 72.6 Å². The first-order valence-corrected chi connectivity index (χ1v) is 11.4. The van der Waals surface area contributed by atoms with Gasteiger partial charge in [0.1, 0.15) is 17.8 Å². The fourth-order valence-corrected chi connectivity index (χ4v) is 8.70. The zero-order valence-electron chi connectivity index (χ0n) is 17.9. The second kappa shape index (κ2) is 5.37. The Morgan fingerprint density at radius 3 is 2.38 bits per heavy atom. The maximum absolute atomic E-state index is 11.8. The van der Waals surface area contributed by atoms with Crippen LogP contribution in [0.4, 0.5) is 0 Å². The summed E-state index contributed by atoms with van der Waals surface area (Å²) in [5.41, 5.74) is -0.0582. The molecular weight excluding hydrogens is 372 g/mol. The molecule has 0 amide bonds. The molecule has 10 atom stereocenters. The van der Waals surface area contributed by atoms with Crippen LogP contribution in [0.25, 0.3) is 0 Å². The van der Waals surface area contributed by atoms with Crippen molar-refractivity contribution in [3.8, 4) is 0 Å². The van der Waals surface area contributed by atoms with Crippen molar-refractivity contribution in [2.45, 2.75) is 102 Å².